The van der Waals surface area contributed by atoms with Gasteiger partial charge in [0.25, 0.3) is 0 Å². The highest BCUT2D eigenvalue weighted by Crippen LogP contribution is 2.36. The van der Waals surface area contributed by atoms with Gasteiger partial charge in [-0.2, -0.15) is 0 Å². The predicted octanol–water partition coefficient (Wildman–Crippen LogP) is 10.7. The Hall–Kier alpha value is -4.39. The summed E-state index contributed by atoms with van der Waals surface area (Å²) in [6.07, 6.45) is 0. The van der Waals surface area contributed by atoms with Crippen molar-refractivity contribution in [3.05, 3.63) is 157 Å². The van der Waals surface area contributed by atoms with E-state index in [0.29, 0.717) is 0 Å². The van der Waals surface area contributed by atoms with Gasteiger partial charge in [0.05, 0.1) is 0 Å². The van der Waals surface area contributed by atoms with Crippen LogP contribution < -0.4 is 0 Å². The van der Waals surface area contributed by atoms with Gasteiger partial charge >= 0.3 is 0 Å². The molecule has 37 heavy (non-hydrogen) atoms. The standard InChI is InChI=1S/C36H25Cl/c37-36-24-34(28-15-8-3-9-16-28)23-35(25-36)30-18-10-17-29(19-30)33-21-31(26-11-4-1-5-12-26)20-32(22-33)27-13-6-2-7-14-27/h1-25H. The van der Waals surface area contributed by atoms with Gasteiger partial charge in [0, 0.05) is 5.02 Å². The summed E-state index contributed by atoms with van der Waals surface area (Å²) >= 11 is 6.58. The first kappa shape index (κ1) is 23.0. The summed E-state index contributed by atoms with van der Waals surface area (Å²) in [6.45, 7) is 0. The fourth-order valence-electron chi connectivity index (χ4n) is 4.82. The van der Waals surface area contributed by atoms with Crippen LogP contribution in [0.25, 0.3) is 55.6 Å². The second kappa shape index (κ2) is 10.3. The predicted molar refractivity (Wildman–Crippen MR) is 159 cm³/mol. The molecule has 0 nitrogen and oxygen atoms in total. The highest BCUT2D eigenvalue weighted by Gasteiger charge is 2.10. The van der Waals surface area contributed by atoms with E-state index in [2.05, 4.69) is 133 Å². The van der Waals surface area contributed by atoms with Crippen molar-refractivity contribution in [2.24, 2.45) is 0 Å². The Bertz CT molecular complexity index is 1590. The average molecular weight is 493 g/mol. The summed E-state index contributed by atoms with van der Waals surface area (Å²) in [6, 6.07) is 53.4. The summed E-state index contributed by atoms with van der Waals surface area (Å²) in [5.74, 6) is 0. The van der Waals surface area contributed by atoms with Gasteiger partial charge in [-0.3, -0.25) is 0 Å². The molecule has 0 aromatic heterocycles. The number of hydrogen-bond donors (Lipinski definition) is 0. The van der Waals surface area contributed by atoms with Crippen LogP contribution in [0.3, 0.4) is 0 Å². The van der Waals surface area contributed by atoms with Crippen LogP contribution in [0.5, 0.6) is 0 Å². The molecule has 0 amide bonds. The zero-order valence-electron chi connectivity index (χ0n) is 20.3. The zero-order valence-corrected chi connectivity index (χ0v) is 21.1. The third kappa shape index (κ3) is 5.11. The van der Waals surface area contributed by atoms with E-state index >= 15 is 0 Å². The molecule has 6 aromatic carbocycles. The molecule has 0 atom stereocenters. The molecular weight excluding hydrogens is 468 g/mol. The summed E-state index contributed by atoms with van der Waals surface area (Å²) in [5.41, 5.74) is 11.7. The molecule has 6 aromatic rings. The molecule has 0 saturated heterocycles. The van der Waals surface area contributed by atoms with Gasteiger partial charge < -0.3 is 0 Å². The molecule has 0 aliphatic rings. The van der Waals surface area contributed by atoms with Crippen LogP contribution in [0, 0.1) is 0 Å². The van der Waals surface area contributed by atoms with Gasteiger partial charge in [0.1, 0.15) is 0 Å². The van der Waals surface area contributed by atoms with Gasteiger partial charge in [-0.05, 0) is 98.1 Å². The van der Waals surface area contributed by atoms with Gasteiger partial charge in [-0.25, -0.2) is 0 Å². The van der Waals surface area contributed by atoms with Crippen molar-refractivity contribution >= 4 is 11.6 Å². The minimum atomic E-state index is 0.735. The first-order valence-corrected chi connectivity index (χ1v) is 12.8. The fraction of sp³-hybridized carbons (Fsp3) is 0. The Kier molecular flexibility index (Phi) is 6.42. The van der Waals surface area contributed by atoms with E-state index in [1.807, 2.05) is 18.2 Å². The summed E-state index contributed by atoms with van der Waals surface area (Å²) in [5, 5.41) is 0.735. The maximum atomic E-state index is 6.58. The molecule has 0 heterocycles. The first-order valence-electron chi connectivity index (χ1n) is 12.5. The smallest absolute Gasteiger partial charge is 0.0418 e. The molecule has 176 valence electrons. The highest BCUT2D eigenvalue weighted by molar-refractivity contribution is 6.31. The Labute approximate surface area is 223 Å². The molecule has 6 rings (SSSR count). The molecule has 0 aliphatic heterocycles. The van der Waals surface area contributed by atoms with E-state index < -0.39 is 0 Å². The molecule has 0 aliphatic carbocycles. The Balaban J connectivity index is 1.47. The minimum Gasteiger partial charge on any atom is -0.0843 e. The largest absolute Gasteiger partial charge is 0.0843 e. The lowest BCUT2D eigenvalue weighted by Crippen LogP contribution is -1.87. The topological polar surface area (TPSA) is 0 Å². The highest BCUT2D eigenvalue weighted by atomic mass is 35.5. The van der Waals surface area contributed by atoms with Crippen LogP contribution in [0.2, 0.25) is 5.02 Å². The molecule has 0 radical (unpaired) electrons. The van der Waals surface area contributed by atoms with Gasteiger partial charge in [-0.1, -0.05) is 121 Å². The molecule has 0 saturated carbocycles. The SMILES string of the molecule is Clc1cc(-c2ccccc2)cc(-c2cccc(-c3cc(-c4ccccc4)cc(-c4ccccc4)c3)c2)c1. The Morgan fingerprint density at radius 3 is 0.919 bits per heavy atom. The van der Waals surface area contributed by atoms with E-state index in [1.165, 1.54) is 33.4 Å². The van der Waals surface area contributed by atoms with Crippen molar-refractivity contribution in [2.45, 2.75) is 0 Å². The molecule has 0 unspecified atom stereocenters. The molecule has 0 N–H and O–H groups in total. The van der Waals surface area contributed by atoms with Crippen LogP contribution in [0.1, 0.15) is 0 Å². The van der Waals surface area contributed by atoms with Crippen molar-refractivity contribution in [1.29, 1.82) is 0 Å². The molecule has 0 fully saturated rings. The van der Waals surface area contributed by atoms with Crippen molar-refractivity contribution in [3.8, 4) is 55.6 Å². The average Bonchev–Trinajstić information content (AvgIpc) is 2.98. The quantitative estimate of drug-likeness (QED) is 0.224. The third-order valence-electron chi connectivity index (χ3n) is 6.68. The number of benzene rings is 6. The lowest BCUT2D eigenvalue weighted by molar-refractivity contribution is 1.55. The van der Waals surface area contributed by atoms with E-state index in [0.717, 1.165) is 27.3 Å². The lowest BCUT2D eigenvalue weighted by atomic mass is 9.92. The minimum absolute atomic E-state index is 0.735. The van der Waals surface area contributed by atoms with E-state index in [4.69, 9.17) is 11.6 Å². The summed E-state index contributed by atoms with van der Waals surface area (Å²) in [4.78, 5) is 0. The maximum absolute atomic E-state index is 6.58. The molecule has 0 bridgehead atoms. The van der Waals surface area contributed by atoms with E-state index in [-0.39, 0.29) is 0 Å². The van der Waals surface area contributed by atoms with E-state index in [9.17, 15) is 0 Å². The van der Waals surface area contributed by atoms with Crippen molar-refractivity contribution in [1.82, 2.24) is 0 Å². The summed E-state index contributed by atoms with van der Waals surface area (Å²) < 4.78 is 0. The fourth-order valence-corrected chi connectivity index (χ4v) is 5.06. The van der Waals surface area contributed by atoms with Crippen molar-refractivity contribution in [2.75, 3.05) is 0 Å². The van der Waals surface area contributed by atoms with Crippen LogP contribution in [0.15, 0.2) is 152 Å². The van der Waals surface area contributed by atoms with Crippen molar-refractivity contribution in [3.63, 3.8) is 0 Å². The van der Waals surface area contributed by atoms with Crippen LogP contribution in [-0.2, 0) is 0 Å². The first-order chi connectivity index (χ1) is 18.2. The number of halogens is 1. The van der Waals surface area contributed by atoms with Gasteiger partial charge in [0.2, 0.25) is 0 Å². The molecule has 0 spiro atoms. The van der Waals surface area contributed by atoms with Crippen LogP contribution in [-0.4, -0.2) is 0 Å². The Morgan fingerprint density at radius 2 is 0.514 bits per heavy atom. The summed E-state index contributed by atoms with van der Waals surface area (Å²) in [7, 11) is 0. The van der Waals surface area contributed by atoms with E-state index in [1.54, 1.807) is 0 Å². The molecular formula is C36H25Cl. The lowest BCUT2D eigenvalue weighted by Gasteiger charge is -2.13. The number of hydrogen-bond acceptors (Lipinski definition) is 0. The normalized spacial score (nSPS) is 10.8. The monoisotopic (exact) mass is 492 g/mol. The second-order valence-corrected chi connectivity index (χ2v) is 9.64. The van der Waals surface area contributed by atoms with Crippen LogP contribution in [0.4, 0.5) is 0 Å². The van der Waals surface area contributed by atoms with Gasteiger partial charge in [-0.15, -0.1) is 0 Å². The second-order valence-electron chi connectivity index (χ2n) is 9.21. The van der Waals surface area contributed by atoms with Crippen molar-refractivity contribution < 1.29 is 0 Å². The molecule has 1 heteroatoms. The number of rotatable bonds is 5. The Morgan fingerprint density at radius 1 is 0.243 bits per heavy atom. The maximum Gasteiger partial charge on any atom is 0.0418 e. The third-order valence-corrected chi connectivity index (χ3v) is 6.90. The van der Waals surface area contributed by atoms with Gasteiger partial charge in [0.15, 0.2) is 0 Å². The van der Waals surface area contributed by atoms with Crippen LogP contribution >= 0.6 is 11.6 Å². The zero-order chi connectivity index (χ0) is 25.0.